The second kappa shape index (κ2) is 8.57. The van der Waals surface area contributed by atoms with Gasteiger partial charge >= 0.3 is 0 Å². The summed E-state index contributed by atoms with van der Waals surface area (Å²) in [6.07, 6.45) is 5.60. The topological polar surface area (TPSA) is 65.8 Å². The molecule has 4 rings (SSSR count). The van der Waals surface area contributed by atoms with E-state index in [1.165, 1.54) is 12.1 Å². The molecule has 3 heterocycles. The molecule has 1 saturated heterocycles. The summed E-state index contributed by atoms with van der Waals surface area (Å²) < 4.78 is 15.2. The molecule has 1 aliphatic rings. The van der Waals surface area contributed by atoms with E-state index in [1.807, 2.05) is 15.5 Å². The monoisotopic (exact) mass is 396 g/mol. The Morgan fingerprint density at radius 3 is 2.66 bits per heavy atom. The summed E-state index contributed by atoms with van der Waals surface area (Å²) in [5.41, 5.74) is 2.21. The van der Waals surface area contributed by atoms with Gasteiger partial charge in [-0.25, -0.2) is 9.37 Å². The summed E-state index contributed by atoms with van der Waals surface area (Å²) in [5.74, 6) is 0.646. The van der Waals surface area contributed by atoms with Crippen molar-refractivity contribution in [1.29, 1.82) is 0 Å². The fourth-order valence-electron chi connectivity index (χ4n) is 3.64. The van der Waals surface area contributed by atoms with Crippen LogP contribution in [-0.4, -0.2) is 69.3 Å². The maximum atomic E-state index is 13.3. The minimum Gasteiger partial charge on any atom is -0.369 e. The van der Waals surface area contributed by atoms with Crippen LogP contribution in [-0.2, 0) is 4.79 Å². The van der Waals surface area contributed by atoms with Gasteiger partial charge in [-0.2, -0.15) is 0 Å². The number of nitrogens with one attached hydrogen (secondary N) is 1. The Hall–Kier alpha value is -3.00. The predicted molar refractivity (Wildman–Crippen MR) is 110 cm³/mol. The summed E-state index contributed by atoms with van der Waals surface area (Å²) in [4.78, 5) is 25.6. The van der Waals surface area contributed by atoms with Crippen molar-refractivity contribution in [3.63, 3.8) is 0 Å². The number of fused-ring (bicyclic) bond motifs is 1. The second-order valence-electron chi connectivity index (χ2n) is 7.11. The number of nitrogens with zero attached hydrogens (tertiary/aromatic N) is 5. The van der Waals surface area contributed by atoms with Crippen molar-refractivity contribution in [2.45, 2.75) is 13.3 Å². The number of rotatable bonds is 6. The first-order chi connectivity index (χ1) is 14.2. The lowest BCUT2D eigenvalue weighted by Gasteiger charge is -2.34. The molecule has 1 N–H and O–H groups in total. The molecule has 1 amide bonds. The van der Waals surface area contributed by atoms with Crippen LogP contribution in [0.3, 0.4) is 0 Å². The predicted octanol–water partition coefficient (Wildman–Crippen LogP) is 2.50. The summed E-state index contributed by atoms with van der Waals surface area (Å²) in [6, 6.07) is 6.24. The smallest absolute Gasteiger partial charge is 0.224 e. The minimum atomic E-state index is -0.289. The average molecular weight is 396 g/mol. The van der Waals surface area contributed by atoms with E-state index < -0.39 is 0 Å². The van der Waals surface area contributed by atoms with Crippen LogP contribution >= 0.6 is 0 Å². The fraction of sp³-hybridized carbons (Fsp3) is 0.381. The first kappa shape index (κ1) is 19.3. The quantitative estimate of drug-likeness (QED) is 0.694. The van der Waals surface area contributed by atoms with E-state index in [1.54, 1.807) is 24.5 Å². The highest BCUT2D eigenvalue weighted by atomic mass is 19.1. The van der Waals surface area contributed by atoms with Crippen molar-refractivity contribution in [1.82, 2.24) is 24.2 Å². The Kier molecular flexibility index (Phi) is 5.71. The highest BCUT2D eigenvalue weighted by Crippen LogP contribution is 2.28. The van der Waals surface area contributed by atoms with Crippen molar-refractivity contribution in [2.24, 2.45) is 0 Å². The number of halogens is 1. The SMILES string of the molecule is CCN1CCN(C(=O)CCNc2c(-c3ccc(F)cc3)nc3cnccn23)CC1. The maximum absolute atomic E-state index is 13.3. The van der Waals surface area contributed by atoms with Crippen LogP contribution in [0.4, 0.5) is 10.2 Å². The van der Waals surface area contributed by atoms with Crippen molar-refractivity contribution in [3.05, 3.63) is 48.7 Å². The van der Waals surface area contributed by atoms with E-state index in [2.05, 4.69) is 27.1 Å². The Bertz CT molecular complexity index is 979. The van der Waals surface area contributed by atoms with E-state index in [4.69, 9.17) is 0 Å². The van der Waals surface area contributed by atoms with Gasteiger partial charge < -0.3 is 15.1 Å². The maximum Gasteiger partial charge on any atom is 0.224 e. The van der Waals surface area contributed by atoms with E-state index in [0.717, 1.165) is 44.1 Å². The lowest BCUT2D eigenvalue weighted by atomic mass is 10.1. The second-order valence-corrected chi connectivity index (χ2v) is 7.11. The number of hydrogen-bond acceptors (Lipinski definition) is 5. The van der Waals surface area contributed by atoms with Crippen LogP contribution in [0.25, 0.3) is 16.9 Å². The van der Waals surface area contributed by atoms with Gasteiger partial charge in [-0.1, -0.05) is 6.92 Å². The van der Waals surface area contributed by atoms with Crippen molar-refractivity contribution >= 4 is 17.4 Å². The van der Waals surface area contributed by atoms with Gasteiger partial charge in [0.1, 0.15) is 17.3 Å². The van der Waals surface area contributed by atoms with Gasteiger partial charge in [-0.05, 0) is 30.8 Å². The van der Waals surface area contributed by atoms with Crippen LogP contribution in [0.1, 0.15) is 13.3 Å². The number of carbonyl (C=O) groups excluding carboxylic acids is 1. The molecule has 0 aliphatic carbocycles. The number of imidazole rings is 1. The van der Waals surface area contributed by atoms with Gasteiger partial charge in [0.25, 0.3) is 0 Å². The third-order valence-electron chi connectivity index (χ3n) is 5.35. The average Bonchev–Trinajstić information content (AvgIpc) is 3.13. The molecule has 8 heteroatoms. The molecule has 0 radical (unpaired) electrons. The molecular formula is C21H25FN6O. The zero-order valence-corrected chi connectivity index (χ0v) is 16.5. The number of piperazine rings is 1. The molecule has 0 unspecified atom stereocenters. The number of hydrogen-bond donors (Lipinski definition) is 1. The Morgan fingerprint density at radius 2 is 1.93 bits per heavy atom. The van der Waals surface area contributed by atoms with Crippen molar-refractivity contribution in [2.75, 3.05) is 44.6 Å². The third-order valence-corrected chi connectivity index (χ3v) is 5.35. The van der Waals surface area contributed by atoms with Gasteiger partial charge in [-0.15, -0.1) is 0 Å². The summed E-state index contributed by atoms with van der Waals surface area (Å²) in [6.45, 7) is 7.11. The number of benzene rings is 1. The van der Waals surface area contributed by atoms with Crippen LogP contribution in [0, 0.1) is 5.82 Å². The van der Waals surface area contributed by atoms with Crippen molar-refractivity contribution in [3.8, 4) is 11.3 Å². The van der Waals surface area contributed by atoms with Gasteiger partial charge in [0, 0.05) is 57.1 Å². The molecule has 0 saturated carbocycles. The molecule has 7 nitrogen and oxygen atoms in total. The molecule has 0 spiro atoms. The third kappa shape index (κ3) is 4.22. The molecule has 1 aliphatic heterocycles. The zero-order valence-electron chi connectivity index (χ0n) is 16.5. The fourth-order valence-corrected chi connectivity index (χ4v) is 3.64. The molecule has 1 fully saturated rings. The molecule has 0 atom stereocenters. The van der Waals surface area contributed by atoms with Gasteiger partial charge in [0.15, 0.2) is 5.65 Å². The number of carbonyl (C=O) groups is 1. The summed E-state index contributed by atoms with van der Waals surface area (Å²) >= 11 is 0. The van der Waals surface area contributed by atoms with Gasteiger partial charge in [0.2, 0.25) is 5.91 Å². The van der Waals surface area contributed by atoms with Crippen LogP contribution in [0.5, 0.6) is 0 Å². The normalized spacial score (nSPS) is 15.0. The summed E-state index contributed by atoms with van der Waals surface area (Å²) in [7, 11) is 0. The molecule has 1 aromatic carbocycles. The van der Waals surface area contributed by atoms with E-state index in [-0.39, 0.29) is 11.7 Å². The number of aromatic nitrogens is 3. The molecule has 2 aromatic heterocycles. The van der Waals surface area contributed by atoms with Crippen LogP contribution in [0.15, 0.2) is 42.9 Å². The first-order valence-corrected chi connectivity index (χ1v) is 9.97. The highest BCUT2D eigenvalue weighted by molar-refractivity contribution is 5.78. The van der Waals surface area contributed by atoms with Gasteiger partial charge in [-0.3, -0.25) is 14.2 Å². The van der Waals surface area contributed by atoms with E-state index in [0.29, 0.717) is 24.3 Å². The Morgan fingerprint density at radius 1 is 1.17 bits per heavy atom. The molecular weight excluding hydrogens is 371 g/mol. The molecule has 3 aromatic rings. The Labute approximate surface area is 169 Å². The zero-order chi connectivity index (χ0) is 20.2. The minimum absolute atomic E-state index is 0.159. The highest BCUT2D eigenvalue weighted by Gasteiger charge is 2.20. The van der Waals surface area contributed by atoms with Crippen molar-refractivity contribution < 1.29 is 9.18 Å². The van der Waals surface area contributed by atoms with E-state index in [9.17, 15) is 9.18 Å². The standard InChI is InChI=1S/C21H25FN6O/c1-2-26-11-13-27(14-12-26)19(29)7-8-24-21-20(16-3-5-17(22)6-4-16)25-18-15-23-9-10-28(18)21/h3-6,9-10,15,24H,2,7-8,11-14H2,1H3. The lowest BCUT2D eigenvalue weighted by molar-refractivity contribution is -0.132. The molecule has 29 heavy (non-hydrogen) atoms. The van der Waals surface area contributed by atoms with E-state index >= 15 is 0 Å². The summed E-state index contributed by atoms with van der Waals surface area (Å²) in [5, 5.41) is 3.36. The number of anilines is 1. The van der Waals surface area contributed by atoms with Crippen LogP contribution in [0.2, 0.25) is 0 Å². The Balaban J connectivity index is 1.47. The molecule has 152 valence electrons. The molecule has 0 bridgehead atoms. The van der Waals surface area contributed by atoms with Crippen LogP contribution < -0.4 is 5.32 Å². The van der Waals surface area contributed by atoms with Gasteiger partial charge in [0.05, 0.1) is 6.20 Å². The largest absolute Gasteiger partial charge is 0.369 e. The number of amides is 1. The lowest BCUT2D eigenvalue weighted by Crippen LogP contribution is -2.48. The first-order valence-electron chi connectivity index (χ1n) is 9.97. The number of likely N-dealkylation sites (N-methyl/N-ethyl adjacent to an activating group) is 1.